The topological polar surface area (TPSA) is 59.3 Å². The van der Waals surface area contributed by atoms with Gasteiger partial charge >= 0.3 is 0 Å². The summed E-state index contributed by atoms with van der Waals surface area (Å²) < 4.78 is 28.8. The van der Waals surface area contributed by atoms with Crippen LogP contribution in [-0.2, 0) is 16.4 Å². The number of benzene rings is 3. The lowest BCUT2D eigenvalue weighted by Crippen LogP contribution is -2.01. The van der Waals surface area contributed by atoms with Crippen LogP contribution in [0.4, 0.5) is 5.69 Å². The average molecular weight is 351 g/mol. The second-order valence-corrected chi connectivity index (χ2v) is 8.09. The average Bonchev–Trinajstić information content (AvgIpc) is 2.97. The lowest BCUT2D eigenvalue weighted by atomic mass is 10.1. The van der Waals surface area contributed by atoms with Crippen LogP contribution in [-0.4, -0.2) is 14.7 Å². The van der Waals surface area contributed by atoms with Gasteiger partial charge < -0.3 is 9.73 Å². The van der Waals surface area contributed by atoms with Gasteiger partial charge in [0.1, 0.15) is 11.2 Å². The number of furan rings is 1. The SMILES string of the molecule is CS(=O)(=O)c1ccc(CNc2ccc3oc4ccccc4c3c2)cc1. The molecule has 126 valence electrons. The van der Waals surface area contributed by atoms with Crippen molar-refractivity contribution in [3.05, 3.63) is 72.3 Å². The molecule has 4 aromatic rings. The van der Waals surface area contributed by atoms with E-state index in [1.54, 1.807) is 12.1 Å². The monoisotopic (exact) mass is 351 g/mol. The van der Waals surface area contributed by atoms with Crippen LogP contribution < -0.4 is 5.32 Å². The van der Waals surface area contributed by atoms with E-state index in [0.29, 0.717) is 11.4 Å². The van der Waals surface area contributed by atoms with Gasteiger partial charge in [0.2, 0.25) is 0 Å². The first kappa shape index (κ1) is 15.7. The highest BCUT2D eigenvalue weighted by Gasteiger charge is 2.08. The van der Waals surface area contributed by atoms with Crippen molar-refractivity contribution in [3.8, 4) is 0 Å². The van der Waals surface area contributed by atoms with E-state index in [9.17, 15) is 8.42 Å². The number of hydrogen-bond donors (Lipinski definition) is 1. The van der Waals surface area contributed by atoms with Gasteiger partial charge in [0.15, 0.2) is 9.84 Å². The molecule has 25 heavy (non-hydrogen) atoms. The minimum absolute atomic E-state index is 0.336. The quantitative estimate of drug-likeness (QED) is 0.584. The summed E-state index contributed by atoms with van der Waals surface area (Å²) in [5.41, 5.74) is 3.76. The fourth-order valence-corrected chi connectivity index (χ4v) is 3.53. The van der Waals surface area contributed by atoms with Crippen molar-refractivity contribution in [1.29, 1.82) is 0 Å². The Labute approximate surface area is 146 Å². The van der Waals surface area contributed by atoms with Gasteiger partial charge in [0.05, 0.1) is 4.90 Å². The van der Waals surface area contributed by atoms with Crippen molar-refractivity contribution in [3.63, 3.8) is 0 Å². The van der Waals surface area contributed by atoms with Gasteiger partial charge in [-0.3, -0.25) is 0 Å². The molecule has 4 nitrogen and oxygen atoms in total. The fraction of sp³-hybridized carbons (Fsp3) is 0.100. The molecule has 1 heterocycles. The number of hydrogen-bond acceptors (Lipinski definition) is 4. The van der Waals surface area contributed by atoms with E-state index < -0.39 is 9.84 Å². The van der Waals surface area contributed by atoms with E-state index in [-0.39, 0.29) is 0 Å². The molecule has 0 unspecified atom stereocenters. The number of para-hydroxylation sites is 1. The summed E-state index contributed by atoms with van der Waals surface area (Å²) in [5.74, 6) is 0. The Balaban J connectivity index is 1.57. The number of rotatable bonds is 4. The van der Waals surface area contributed by atoms with Crippen LogP contribution in [0.1, 0.15) is 5.56 Å². The second kappa shape index (κ2) is 5.93. The zero-order chi connectivity index (χ0) is 17.4. The second-order valence-electron chi connectivity index (χ2n) is 6.08. The molecule has 0 spiro atoms. The van der Waals surface area contributed by atoms with Gasteiger partial charge in [-0.05, 0) is 42.0 Å². The highest BCUT2D eigenvalue weighted by molar-refractivity contribution is 7.90. The van der Waals surface area contributed by atoms with Crippen molar-refractivity contribution >= 4 is 37.5 Å². The van der Waals surface area contributed by atoms with Gasteiger partial charge in [-0.1, -0.05) is 30.3 Å². The molecule has 5 heteroatoms. The molecule has 3 aromatic carbocycles. The standard InChI is InChI=1S/C20H17NO3S/c1-25(22,23)16-9-6-14(7-10-16)13-21-15-8-11-20-18(12-15)17-4-2-3-5-19(17)24-20/h2-12,21H,13H2,1H3. The smallest absolute Gasteiger partial charge is 0.175 e. The first-order chi connectivity index (χ1) is 12.0. The molecular weight excluding hydrogens is 334 g/mol. The molecule has 0 saturated heterocycles. The third kappa shape index (κ3) is 3.10. The zero-order valence-electron chi connectivity index (χ0n) is 13.7. The summed E-state index contributed by atoms with van der Waals surface area (Å²) in [5, 5.41) is 5.55. The molecule has 0 fully saturated rings. The van der Waals surface area contributed by atoms with Crippen molar-refractivity contribution in [2.45, 2.75) is 11.4 Å². The molecule has 4 rings (SSSR count). The van der Waals surface area contributed by atoms with Crippen molar-refractivity contribution in [2.75, 3.05) is 11.6 Å². The minimum Gasteiger partial charge on any atom is -0.456 e. The molecule has 0 aliphatic rings. The summed E-state index contributed by atoms with van der Waals surface area (Å²) in [7, 11) is -3.16. The number of fused-ring (bicyclic) bond motifs is 3. The predicted octanol–water partition coefficient (Wildman–Crippen LogP) is 4.60. The Morgan fingerprint density at radius 2 is 1.60 bits per heavy atom. The van der Waals surface area contributed by atoms with Crippen LogP contribution in [0.25, 0.3) is 21.9 Å². The summed E-state index contributed by atoms with van der Waals surface area (Å²) in [4.78, 5) is 0.336. The third-order valence-corrected chi connectivity index (χ3v) is 5.35. The van der Waals surface area contributed by atoms with E-state index >= 15 is 0 Å². The van der Waals surface area contributed by atoms with Gasteiger partial charge in [-0.2, -0.15) is 0 Å². The summed E-state index contributed by atoms with van der Waals surface area (Å²) in [6, 6.07) is 20.9. The Bertz CT molecular complexity index is 1160. The predicted molar refractivity (Wildman–Crippen MR) is 101 cm³/mol. The maximum Gasteiger partial charge on any atom is 0.175 e. The lowest BCUT2D eigenvalue weighted by molar-refractivity contribution is 0.602. The molecule has 1 N–H and O–H groups in total. The first-order valence-electron chi connectivity index (χ1n) is 7.95. The van der Waals surface area contributed by atoms with E-state index in [4.69, 9.17) is 4.42 Å². The van der Waals surface area contributed by atoms with Gasteiger partial charge in [-0.15, -0.1) is 0 Å². The molecule has 0 aliphatic heterocycles. The molecule has 0 atom stereocenters. The van der Waals surface area contributed by atoms with E-state index in [0.717, 1.165) is 33.2 Å². The van der Waals surface area contributed by atoms with Crippen LogP contribution >= 0.6 is 0 Å². The maximum atomic E-state index is 11.5. The van der Waals surface area contributed by atoms with Crippen molar-refractivity contribution < 1.29 is 12.8 Å². The summed E-state index contributed by atoms with van der Waals surface area (Å²) in [6.45, 7) is 0.616. The normalized spacial score (nSPS) is 11.9. The molecule has 0 aliphatic carbocycles. The van der Waals surface area contributed by atoms with Crippen LogP contribution in [0.5, 0.6) is 0 Å². The van der Waals surface area contributed by atoms with Gasteiger partial charge in [-0.25, -0.2) is 8.42 Å². The molecule has 0 amide bonds. The fourth-order valence-electron chi connectivity index (χ4n) is 2.89. The molecule has 1 aromatic heterocycles. The molecule has 0 bridgehead atoms. The van der Waals surface area contributed by atoms with Crippen LogP contribution in [0.2, 0.25) is 0 Å². The molecule has 0 radical (unpaired) electrons. The van der Waals surface area contributed by atoms with Crippen LogP contribution in [0, 0.1) is 0 Å². The highest BCUT2D eigenvalue weighted by atomic mass is 32.2. The minimum atomic E-state index is -3.16. The Kier molecular flexibility index (Phi) is 3.73. The third-order valence-electron chi connectivity index (χ3n) is 4.22. The summed E-state index contributed by atoms with van der Waals surface area (Å²) >= 11 is 0. The zero-order valence-corrected chi connectivity index (χ0v) is 14.5. The van der Waals surface area contributed by atoms with Crippen LogP contribution in [0.15, 0.2) is 76.0 Å². The Morgan fingerprint density at radius 1 is 0.880 bits per heavy atom. The van der Waals surface area contributed by atoms with Gasteiger partial charge in [0, 0.05) is 29.3 Å². The highest BCUT2D eigenvalue weighted by Crippen LogP contribution is 2.30. The summed E-state index contributed by atoms with van der Waals surface area (Å²) in [6.07, 6.45) is 1.21. The number of anilines is 1. The number of nitrogens with one attached hydrogen (secondary N) is 1. The van der Waals surface area contributed by atoms with Crippen molar-refractivity contribution in [1.82, 2.24) is 0 Å². The van der Waals surface area contributed by atoms with E-state index in [2.05, 4.69) is 17.4 Å². The van der Waals surface area contributed by atoms with Crippen molar-refractivity contribution in [2.24, 2.45) is 0 Å². The largest absolute Gasteiger partial charge is 0.456 e. The lowest BCUT2D eigenvalue weighted by Gasteiger charge is -2.07. The maximum absolute atomic E-state index is 11.5. The van der Waals surface area contributed by atoms with E-state index in [1.165, 1.54) is 6.26 Å². The molecule has 0 saturated carbocycles. The Morgan fingerprint density at radius 3 is 2.36 bits per heavy atom. The van der Waals surface area contributed by atoms with Crippen LogP contribution in [0.3, 0.4) is 0 Å². The Hall–Kier alpha value is -2.79. The first-order valence-corrected chi connectivity index (χ1v) is 9.84. The number of sulfone groups is 1. The van der Waals surface area contributed by atoms with E-state index in [1.807, 2.05) is 42.5 Å². The van der Waals surface area contributed by atoms with Gasteiger partial charge in [0.25, 0.3) is 0 Å². The molecular formula is C20H17NO3S.